The first-order chi connectivity index (χ1) is 17.1. The van der Waals surface area contributed by atoms with Crippen molar-refractivity contribution in [3.63, 3.8) is 0 Å². The van der Waals surface area contributed by atoms with E-state index in [2.05, 4.69) is 34.1 Å². The fourth-order valence-electron chi connectivity index (χ4n) is 4.54. The van der Waals surface area contributed by atoms with Crippen LogP contribution in [0.1, 0.15) is 56.5 Å². The molecule has 7 nitrogen and oxygen atoms in total. The maximum absolute atomic E-state index is 12.5. The summed E-state index contributed by atoms with van der Waals surface area (Å²) in [7, 11) is 0. The quantitative estimate of drug-likeness (QED) is 0.390. The molecule has 4 rings (SSSR count). The molecule has 0 aliphatic carbocycles. The third kappa shape index (κ3) is 6.51. The van der Waals surface area contributed by atoms with Crippen LogP contribution in [0.25, 0.3) is 11.0 Å². The number of fused-ring (bicyclic) bond motifs is 1. The van der Waals surface area contributed by atoms with E-state index in [-0.39, 0.29) is 12.0 Å². The molecule has 1 fully saturated rings. The standard InChI is InChI=1S/C27H35Cl2N5O2/c1-27(2,3)36-26(35)33-12-8-20(9-13-33)25-32-23-14-21(28)22(29)15-24(23)34(25)17-19-6-4-18(5-7-19)16-31-11-10-30/h4-7,14-15,20,31H,8-13,16-17,30H2,1-3H3. The number of nitrogens with zero attached hydrogens (tertiary/aromatic N) is 3. The lowest BCUT2D eigenvalue weighted by Crippen LogP contribution is -2.41. The number of nitrogens with two attached hydrogens (primary N) is 1. The molecular weight excluding hydrogens is 497 g/mol. The Morgan fingerprint density at radius 3 is 2.39 bits per heavy atom. The smallest absolute Gasteiger partial charge is 0.410 e. The second-order valence-corrected chi connectivity index (χ2v) is 11.1. The van der Waals surface area contributed by atoms with Gasteiger partial charge in [0.2, 0.25) is 0 Å². The van der Waals surface area contributed by atoms with Crippen LogP contribution in [0.15, 0.2) is 36.4 Å². The monoisotopic (exact) mass is 531 g/mol. The normalized spacial score (nSPS) is 15.0. The van der Waals surface area contributed by atoms with Gasteiger partial charge in [-0.25, -0.2) is 9.78 Å². The SMILES string of the molecule is CC(C)(C)OC(=O)N1CCC(c2nc3cc(Cl)c(Cl)cc3n2Cc2ccc(CNCCN)cc2)CC1. The third-order valence-corrected chi connectivity index (χ3v) is 7.07. The molecule has 194 valence electrons. The largest absolute Gasteiger partial charge is 0.444 e. The minimum atomic E-state index is -0.503. The van der Waals surface area contributed by atoms with Crippen molar-refractivity contribution < 1.29 is 9.53 Å². The minimum Gasteiger partial charge on any atom is -0.444 e. The summed E-state index contributed by atoms with van der Waals surface area (Å²) in [6, 6.07) is 12.3. The maximum atomic E-state index is 12.5. The van der Waals surface area contributed by atoms with Crippen molar-refractivity contribution in [1.29, 1.82) is 0 Å². The first kappa shape index (κ1) is 26.7. The van der Waals surface area contributed by atoms with Gasteiger partial charge in [0.05, 0.1) is 21.1 Å². The summed E-state index contributed by atoms with van der Waals surface area (Å²) >= 11 is 12.7. The zero-order valence-electron chi connectivity index (χ0n) is 21.2. The molecule has 36 heavy (non-hydrogen) atoms. The van der Waals surface area contributed by atoms with Gasteiger partial charge in [0.25, 0.3) is 0 Å². The first-order valence-corrected chi connectivity index (χ1v) is 13.2. The lowest BCUT2D eigenvalue weighted by atomic mass is 9.96. The molecule has 3 aromatic rings. The van der Waals surface area contributed by atoms with Crippen LogP contribution in [-0.2, 0) is 17.8 Å². The van der Waals surface area contributed by atoms with Gasteiger partial charge in [-0.1, -0.05) is 47.5 Å². The van der Waals surface area contributed by atoms with Gasteiger partial charge in [-0.2, -0.15) is 0 Å². The van der Waals surface area contributed by atoms with Crippen molar-refractivity contribution >= 4 is 40.3 Å². The molecule has 0 saturated carbocycles. The Morgan fingerprint density at radius 1 is 1.11 bits per heavy atom. The van der Waals surface area contributed by atoms with Crippen LogP contribution in [0.2, 0.25) is 10.0 Å². The highest BCUT2D eigenvalue weighted by Gasteiger charge is 2.30. The molecule has 3 N–H and O–H groups in total. The molecule has 2 aromatic carbocycles. The number of piperidine rings is 1. The van der Waals surface area contributed by atoms with E-state index in [0.717, 1.165) is 42.8 Å². The average Bonchev–Trinajstić information content (AvgIpc) is 3.16. The van der Waals surface area contributed by atoms with Crippen molar-refractivity contribution in [1.82, 2.24) is 19.8 Å². The molecule has 0 spiro atoms. The van der Waals surface area contributed by atoms with E-state index < -0.39 is 5.60 Å². The number of likely N-dealkylation sites (tertiary alicyclic amines) is 1. The minimum absolute atomic E-state index is 0.216. The zero-order valence-corrected chi connectivity index (χ0v) is 22.7. The molecule has 1 aliphatic rings. The van der Waals surface area contributed by atoms with E-state index in [4.69, 9.17) is 38.7 Å². The summed E-state index contributed by atoms with van der Waals surface area (Å²) in [5.74, 6) is 1.22. The predicted molar refractivity (Wildman–Crippen MR) is 146 cm³/mol. The molecule has 9 heteroatoms. The number of amides is 1. The summed E-state index contributed by atoms with van der Waals surface area (Å²) in [4.78, 5) is 19.3. The predicted octanol–water partition coefficient (Wildman–Crippen LogP) is 5.55. The Balaban J connectivity index is 1.56. The van der Waals surface area contributed by atoms with Gasteiger partial charge in [-0.3, -0.25) is 0 Å². The number of ether oxygens (including phenoxy) is 1. The van der Waals surface area contributed by atoms with E-state index in [1.807, 2.05) is 32.9 Å². The van der Waals surface area contributed by atoms with Gasteiger partial charge in [0, 0.05) is 45.2 Å². The van der Waals surface area contributed by atoms with Crippen LogP contribution >= 0.6 is 23.2 Å². The van der Waals surface area contributed by atoms with E-state index in [9.17, 15) is 4.79 Å². The van der Waals surface area contributed by atoms with Gasteiger partial charge >= 0.3 is 6.09 Å². The number of nitrogens with one attached hydrogen (secondary N) is 1. The zero-order chi connectivity index (χ0) is 25.9. The number of carbonyl (C=O) groups excluding carboxylic acids is 1. The number of aromatic nitrogens is 2. The Morgan fingerprint density at radius 2 is 1.75 bits per heavy atom. The number of hydrogen-bond donors (Lipinski definition) is 2. The maximum Gasteiger partial charge on any atom is 0.410 e. The lowest BCUT2D eigenvalue weighted by molar-refractivity contribution is 0.0202. The van der Waals surface area contributed by atoms with E-state index >= 15 is 0 Å². The van der Waals surface area contributed by atoms with Gasteiger partial charge in [-0.15, -0.1) is 0 Å². The van der Waals surface area contributed by atoms with Gasteiger partial charge in [0.1, 0.15) is 11.4 Å². The van der Waals surface area contributed by atoms with Crippen molar-refractivity contribution in [2.75, 3.05) is 26.2 Å². The summed E-state index contributed by atoms with van der Waals surface area (Å²) in [6.45, 7) is 9.82. The molecular formula is C27H35Cl2N5O2. The fourth-order valence-corrected chi connectivity index (χ4v) is 4.86. The van der Waals surface area contributed by atoms with Gasteiger partial charge in [0.15, 0.2) is 0 Å². The van der Waals surface area contributed by atoms with Gasteiger partial charge in [-0.05, 0) is 56.9 Å². The Bertz CT molecular complexity index is 1200. The molecule has 2 heterocycles. The number of rotatable bonds is 7. The Labute approximate surface area is 222 Å². The summed E-state index contributed by atoms with van der Waals surface area (Å²) in [6.07, 6.45) is 1.38. The van der Waals surface area contributed by atoms with E-state index in [1.54, 1.807) is 4.90 Å². The molecule has 0 bridgehead atoms. The van der Waals surface area contributed by atoms with Crippen LogP contribution in [0.3, 0.4) is 0 Å². The number of carbonyl (C=O) groups is 1. The average molecular weight is 533 g/mol. The molecule has 1 amide bonds. The number of imidazole rings is 1. The van der Waals surface area contributed by atoms with Crippen LogP contribution < -0.4 is 11.1 Å². The van der Waals surface area contributed by atoms with Crippen molar-refractivity contribution in [3.8, 4) is 0 Å². The second kappa shape index (κ2) is 11.4. The van der Waals surface area contributed by atoms with Crippen molar-refractivity contribution in [2.24, 2.45) is 5.73 Å². The highest BCUT2D eigenvalue weighted by atomic mass is 35.5. The Kier molecular flexibility index (Phi) is 8.45. The van der Waals surface area contributed by atoms with Crippen LogP contribution in [-0.4, -0.2) is 52.3 Å². The molecule has 1 aromatic heterocycles. The lowest BCUT2D eigenvalue weighted by Gasteiger charge is -2.33. The van der Waals surface area contributed by atoms with Crippen LogP contribution in [0, 0.1) is 0 Å². The van der Waals surface area contributed by atoms with Crippen molar-refractivity contribution in [2.45, 2.75) is 58.2 Å². The summed E-state index contributed by atoms with van der Waals surface area (Å²) in [5.41, 5.74) is 9.24. The van der Waals surface area contributed by atoms with Crippen LogP contribution in [0.5, 0.6) is 0 Å². The number of hydrogen-bond acceptors (Lipinski definition) is 5. The van der Waals surface area contributed by atoms with Crippen molar-refractivity contribution in [3.05, 3.63) is 63.4 Å². The summed E-state index contributed by atoms with van der Waals surface area (Å²) < 4.78 is 7.80. The van der Waals surface area contributed by atoms with Crippen LogP contribution in [0.4, 0.5) is 4.79 Å². The highest BCUT2D eigenvalue weighted by Crippen LogP contribution is 2.34. The number of halogens is 2. The first-order valence-electron chi connectivity index (χ1n) is 12.5. The highest BCUT2D eigenvalue weighted by molar-refractivity contribution is 6.42. The van der Waals surface area contributed by atoms with E-state index in [0.29, 0.717) is 36.2 Å². The molecule has 1 saturated heterocycles. The third-order valence-electron chi connectivity index (χ3n) is 6.35. The topological polar surface area (TPSA) is 85.4 Å². The fraction of sp³-hybridized carbons (Fsp3) is 0.481. The molecule has 0 atom stereocenters. The second-order valence-electron chi connectivity index (χ2n) is 10.3. The molecule has 0 unspecified atom stereocenters. The van der Waals surface area contributed by atoms with Gasteiger partial charge < -0.3 is 25.3 Å². The Hall–Kier alpha value is -2.32. The molecule has 1 aliphatic heterocycles. The molecule has 0 radical (unpaired) electrons. The number of benzene rings is 2. The van der Waals surface area contributed by atoms with E-state index in [1.165, 1.54) is 11.1 Å². The summed E-state index contributed by atoms with van der Waals surface area (Å²) in [5, 5.41) is 4.33.